The standard InChI is InChI=1S/C18H16N8O/c1-13-11-16(26(22-13)15-9-5-6-10-19-15)20-17(27)12-25-23-18(21-24-25)14-7-3-2-4-8-14/h2-11H,12H2,1H3,(H,20,27). The monoisotopic (exact) mass is 360 g/mol. The molecule has 1 aromatic carbocycles. The van der Waals surface area contributed by atoms with Gasteiger partial charge in [0.2, 0.25) is 11.7 Å². The van der Waals surface area contributed by atoms with Crippen LogP contribution in [0, 0.1) is 6.92 Å². The van der Waals surface area contributed by atoms with Gasteiger partial charge in [-0.15, -0.1) is 10.2 Å². The average Bonchev–Trinajstić information content (AvgIpc) is 3.29. The van der Waals surface area contributed by atoms with Crippen LogP contribution in [0.2, 0.25) is 0 Å². The van der Waals surface area contributed by atoms with Crippen LogP contribution in [0.1, 0.15) is 5.69 Å². The van der Waals surface area contributed by atoms with E-state index >= 15 is 0 Å². The topological polar surface area (TPSA) is 103 Å². The quantitative estimate of drug-likeness (QED) is 0.583. The highest BCUT2D eigenvalue weighted by atomic mass is 16.2. The van der Waals surface area contributed by atoms with Crippen molar-refractivity contribution >= 4 is 11.7 Å². The molecule has 4 rings (SSSR count). The second-order valence-corrected chi connectivity index (χ2v) is 5.83. The lowest BCUT2D eigenvalue weighted by atomic mass is 10.2. The summed E-state index contributed by atoms with van der Waals surface area (Å²) in [5.74, 6) is 1.33. The molecule has 4 aromatic rings. The third-order valence-electron chi connectivity index (χ3n) is 3.74. The van der Waals surface area contributed by atoms with Gasteiger partial charge in [-0.2, -0.15) is 14.6 Å². The molecular weight excluding hydrogens is 344 g/mol. The van der Waals surface area contributed by atoms with Gasteiger partial charge >= 0.3 is 0 Å². The van der Waals surface area contributed by atoms with E-state index in [1.807, 2.05) is 55.5 Å². The Kier molecular flexibility index (Phi) is 4.40. The number of hydrogen-bond donors (Lipinski definition) is 1. The van der Waals surface area contributed by atoms with E-state index in [1.54, 1.807) is 16.9 Å². The third kappa shape index (κ3) is 3.71. The molecule has 0 aliphatic rings. The first-order valence-corrected chi connectivity index (χ1v) is 8.30. The molecule has 0 fully saturated rings. The molecule has 0 spiro atoms. The van der Waals surface area contributed by atoms with Crippen LogP contribution >= 0.6 is 0 Å². The minimum absolute atomic E-state index is 0.0632. The second kappa shape index (κ2) is 7.16. The molecule has 27 heavy (non-hydrogen) atoms. The van der Waals surface area contributed by atoms with Gasteiger partial charge in [0.25, 0.3) is 0 Å². The molecule has 1 N–H and O–H groups in total. The smallest absolute Gasteiger partial charge is 0.249 e. The number of aromatic nitrogens is 7. The predicted octanol–water partition coefficient (Wildman–Crippen LogP) is 1.87. The molecule has 0 unspecified atom stereocenters. The highest BCUT2D eigenvalue weighted by molar-refractivity contribution is 5.89. The van der Waals surface area contributed by atoms with Crippen LogP contribution in [0.15, 0.2) is 60.8 Å². The molecule has 134 valence electrons. The molecule has 0 atom stereocenters. The summed E-state index contributed by atoms with van der Waals surface area (Å²) in [6.45, 7) is 1.78. The summed E-state index contributed by atoms with van der Waals surface area (Å²) in [5, 5.41) is 19.4. The number of rotatable bonds is 5. The number of carbonyl (C=O) groups excluding carboxylic acids is 1. The van der Waals surface area contributed by atoms with Crippen molar-refractivity contribution in [2.45, 2.75) is 13.5 Å². The Morgan fingerprint density at radius 1 is 1.07 bits per heavy atom. The molecule has 0 aliphatic carbocycles. The highest BCUT2D eigenvalue weighted by Crippen LogP contribution is 2.15. The summed E-state index contributed by atoms with van der Waals surface area (Å²) in [4.78, 5) is 17.9. The largest absolute Gasteiger partial charge is 0.309 e. The molecule has 0 saturated heterocycles. The van der Waals surface area contributed by atoms with Crippen molar-refractivity contribution in [1.29, 1.82) is 0 Å². The van der Waals surface area contributed by atoms with Gasteiger partial charge in [-0.05, 0) is 24.3 Å². The van der Waals surface area contributed by atoms with Gasteiger partial charge in [0.1, 0.15) is 12.4 Å². The summed E-state index contributed by atoms with van der Waals surface area (Å²) < 4.78 is 1.58. The highest BCUT2D eigenvalue weighted by Gasteiger charge is 2.14. The molecule has 9 nitrogen and oxygen atoms in total. The Bertz CT molecular complexity index is 1060. The molecular formula is C18H16N8O. The molecule has 1 amide bonds. The number of pyridine rings is 1. The van der Waals surface area contributed by atoms with Gasteiger partial charge in [0.05, 0.1) is 5.69 Å². The molecule has 9 heteroatoms. The summed E-state index contributed by atoms with van der Waals surface area (Å²) in [6, 6.07) is 16.7. The maximum Gasteiger partial charge on any atom is 0.249 e. The number of tetrazole rings is 1. The zero-order valence-corrected chi connectivity index (χ0v) is 14.5. The van der Waals surface area contributed by atoms with Crippen molar-refractivity contribution in [3.8, 4) is 17.2 Å². The summed E-state index contributed by atoms with van der Waals surface area (Å²) >= 11 is 0. The lowest BCUT2D eigenvalue weighted by Crippen LogP contribution is -2.22. The van der Waals surface area contributed by atoms with E-state index in [0.717, 1.165) is 11.3 Å². The maximum atomic E-state index is 12.4. The zero-order valence-electron chi connectivity index (χ0n) is 14.5. The first-order chi connectivity index (χ1) is 13.2. The zero-order chi connectivity index (χ0) is 18.6. The van der Waals surface area contributed by atoms with Crippen LogP contribution in [0.25, 0.3) is 17.2 Å². The Hall–Kier alpha value is -3.88. The Balaban J connectivity index is 1.49. The lowest BCUT2D eigenvalue weighted by Gasteiger charge is -2.07. The Morgan fingerprint density at radius 3 is 2.67 bits per heavy atom. The Labute approximate surface area is 154 Å². The normalized spacial score (nSPS) is 10.7. The van der Waals surface area contributed by atoms with Crippen LogP contribution in [-0.4, -0.2) is 40.9 Å². The minimum atomic E-state index is -0.288. The average molecular weight is 360 g/mol. The molecule has 0 aliphatic heterocycles. The van der Waals surface area contributed by atoms with Gasteiger partial charge < -0.3 is 5.32 Å². The van der Waals surface area contributed by atoms with Crippen molar-refractivity contribution in [3.05, 3.63) is 66.5 Å². The third-order valence-corrected chi connectivity index (χ3v) is 3.74. The number of anilines is 1. The SMILES string of the molecule is Cc1cc(NC(=O)Cn2nnc(-c3ccccc3)n2)n(-c2ccccn2)n1. The van der Waals surface area contributed by atoms with E-state index in [4.69, 9.17) is 0 Å². The van der Waals surface area contributed by atoms with E-state index in [0.29, 0.717) is 17.5 Å². The van der Waals surface area contributed by atoms with Crippen LogP contribution in [0.4, 0.5) is 5.82 Å². The summed E-state index contributed by atoms with van der Waals surface area (Å²) in [7, 11) is 0. The molecule has 0 bridgehead atoms. The molecule has 0 saturated carbocycles. The number of hydrogen-bond acceptors (Lipinski definition) is 6. The van der Waals surface area contributed by atoms with E-state index in [-0.39, 0.29) is 12.5 Å². The van der Waals surface area contributed by atoms with Crippen molar-refractivity contribution in [2.24, 2.45) is 0 Å². The van der Waals surface area contributed by atoms with Crippen LogP contribution in [0.5, 0.6) is 0 Å². The number of nitrogens with zero attached hydrogens (tertiary/aromatic N) is 7. The van der Waals surface area contributed by atoms with Gasteiger partial charge in [0.15, 0.2) is 5.82 Å². The number of aryl methyl sites for hydroxylation is 1. The number of benzene rings is 1. The predicted molar refractivity (Wildman–Crippen MR) is 98.0 cm³/mol. The molecule has 0 radical (unpaired) electrons. The lowest BCUT2D eigenvalue weighted by molar-refractivity contribution is -0.117. The van der Waals surface area contributed by atoms with Crippen molar-refractivity contribution < 1.29 is 4.79 Å². The summed E-state index contributed by atoms with van der Waals surface area (Å²) in [5.41, 5.74) is 1.61. The van der Waals surface area contributed by atoms with Crippen LogP contribution in [-0.2, 0) is 11.3 Å². The fraction of sp³-hybridized carbons (Fsp3) is 0.111. The van der Waals surface area contributed by atoms with Crippen LogP contribution in [0.3, 0.4) is 0 Å². The molecule has 3 heterocycles. The van der Waals surface area contributed by atoms with Crippen molar-refractivity contribution in [1.82, 2.24) is 35.0 Å². The minimum Gasteiger partial charge on any atom is -0.309 e. The molecule has 3 aromatic heterocycles. The van der Waals surface area contributed by atoms with Gasteiger partial charge in [-0.1, -0.05) is 36.4 Å². The summed E-state index contributed by atoms with van der Waals surface area (Å²) in [6.07, 6.45) is 1.67. The fourth-order valence-corrected chi connectivity index (χ4v) is 2.57. The number of nitrogens with one attached hydrogen (secondary N) is 1. The van der Waals surface area contributed by atoms with E-state index in [2.05, 4.69) is 30.8 Å². The first-order valence-electron chi connectivity index (χ1n) is 8.30. The second-order valence-electron chi connectivity index (χ2n) is 5.83. The number of amides is 1. The van der Waals surface area contributed by atoms with Crippen molar-refractivity contribution in [2.75, 3.05) is 5.32 Å². The van der Waals surface area contributed by atoms with E-state index in [9.17, 15) is 4.79 Å². The van der Waals surface area contributed by atoms with E-state index < -0.39 is 0 Å². The fourth-order valence-electron chi connectivity index (χ4n) is 2.57. The number of carbonyl (C=O) groups is 1. The van der Waals surface area contributed by atoms with E-state index in [1.165, 1.54) is 4.80 Å². The first kappa shape index (κ1) is 16.6. The van der Waals surface area contributed by atoms with Gasteiger partial charge in [0, 0.05) is 17.8 Å². The van der Waals surface area contributed by atoms with Crippen molar-refractivity contribution in [3.63, 3.8) is 0 Å². The van der Waals surface area contributed by atoms with Crippen LogP contribution < -0.4 is 5.32 Å². The maximum absolute atomic E-state index is 12.4. The van der Waals surface area contributed by atoms with Gasteiger partial charge in [-0.25, -0.2) is 4.98 Å². The Morgan fingerprint density at radius 2 is 1.89 bits per heavy atom. The van der Waals surface area contributed by atoms with Gasteiger partial charge in [-0.3, -0.25) is 4.79 Å².